The number of carbonyl (C=O) groups is 2. The van der Waals surface area contributed by atoms with Crippen LogP contribution < -0.4 is 16.0 Å². The van der Waals surface area contributed by atoms with E-state index in [-0.39, 0.29) is 5.91 Å². The Bertz CT molecular complexity index is 1110. The van der Waals surface area contributed by atoms with Crippen LogP contribution in [0.3, 0.4) is 0 Å². The molecule has 2 aromatic carbocycles. The quantitative estimate of drug-likeness (QED) is 0.429. The van der Waals surface area contributed by atoms with E-state index >= 15 is 0 Å². The number of rotatable bonds is 8. The van der Waals surface area contributed by atoms with Crippen LogP contribution in [0.4, 0.5) is 16.2 Å². The summed E-state index contributed by atoms with van der Waals surface area (Å²) in [5.41, 5.74) is 2.31. The molecule has 0 atom stereocenters. The number of carbonyl (C=O) groups excluding carboxylic acids is 2. The first kappa shape index (κ1) is 22.8. The van der Waals surface area contributed by atoms with Gasteiger partial charge >= 0.3 is 6.03 Å². The van der Waals surface area contributed by atoms with Crippen LogP contribution in [0.5, 0.6) is 0 Å². The third-order valence-electron chi connectivity index (χ3n) is 5.47. The highest BCUT2D eigenvalue weighted by molar-refractivity contribution is 6.33. The average molecular weight is 467 g/mol. The summed E-state index contributed by atoms with van der Waals surface area (Å²) >= 11 is 6.07. The summed E-state index contributed by atoms with van der Waals surface area (Å²) in [7, 11) is 0. The van der Waals surface area contributed by atoms with Crippen molar-refractivity contribution in [2.45, 2.75) is 19.3 Å². The smallest absolute Gasteiger partial charge is 0.323 e. The van der Waals surface area contributed by atoms with Crippen molar-refractivity contribution in [2.24, 2.45) is 0 Å². The third kappa shape index (κ3) is 6.34. The molecule has 1 saturated heterocycles. The maximum absolute atomic E-state index is 12.5. The number of nitrogens with zero attached hydrogens (tertiary/aromatic N) is 3. The van der Waals surface area contributed by atoms with Gasteiger partial charge in [0, 0.05) is 12.1 Å². The van der Waals surface area contributed by atoms with Gasteiger partial charge in [0.2, 0.25) is 0 Å². The summed E-state index contributed by atoms with van der Waals surface area (Å²) in [6.07, 6.45) is 6.71. The van der Waals surface area contributed by atoms with Crippen molar-refractivity contribution in [1.29, 1.82) is 0 Å². The second-order valence-electron chi connectivity index (χ2n) is 7.94. The molecule has 1 aliphatic heterocycles. The number of likely N-dealkylation sites (tertiary alicyclic amines) is 1. The van der Waals surface area contributed by atoms with Crippen molar-refractivity contribution in [2.75, 3.05) is 36.8 Å². The fourth-order valence-corrected chi connectivity index (χ4v) is 3.96. The Hall–Kier alpha value is -3.36. The molecule has 3 N–H and O–H groups in total. The highest BCUT2D eigenvalue weighted by Crippen LogP contribution is 2.21. The molecule has 1 aliphatic rings. The summed E-state index contributed by atoms with van der Waals surface area (Å²) < 4.78 is 1.61. The number of anilines is 2. The second kappa shape index (κ2) is 11.0. The topological polar surface area (TPSA) is 91.3 Å². The van der Waals surface area contributed by atoms with Gasteiger partial charge in [-0.1, -0.05) is 29.8 Å². The molecule has 0 saturated carbocycles. The molecule has 3 amide bonds. The van der Waals surface area contributed by atoms with Crippen LogP contribution in [0.1, 0.15) is 29.6 Å². The van der Waals surface area contributed by atoms with Crippen molar-refractivity contribution >= 4 is 34.9 Å². The largest absolute Gasteiger partial charge is 0.352 e. The van der Waals surface area contributed by atoms with Crippen molar-refractivity contribution in [3.8, 4) is 5.69 Å². The van der Waals surface area contributed by atoms with E-state index in [1.165, 1.54) is 32.1 Å². The number of urea groups is 1. The molecule has 3 aromatic rings. The summed E-state index contributed by atoms with van der Waals surface area (Å²) in [5, 5.41) is 13.2. The number of para-hydroxylation sites is 1. The van der Waals surface area contributed by atoms with Crippen LogP contribution >= 0.6 is 11.6 Å². The molecular formula is C24H27ClN6O2. The zero-order valence-corrected chi connectivity index (χ0v) is 19.0. The first-order valence-electron chi connectivity index (χ1n) is 11.1. The van der Waals surface area contributed by atoms with Gasteiger partial charge < -0.3 is 20.9 Å². The van der Waals surface area contributed by atoms with E-state index in [1.807, 2.05) is 12.1 Å². The Morgan fingerprint density at radius 2 is 1.85 bits per heavy atom. The van der Waals surface area contributed by atoms with E-state index in [0.29, 0.717) is 28.5 Å². The number of hydrogen-bond donors (Lipinski definition) is 3. The molecular weight excluding hydrogens is 440 g/mol. The van der Waals surface area contributed by atoms with Crippen LogP contribution in [-0.4, -0.2) is 52.8 Å². The minimum Gasteiger partial charge on any atom is -0.352 e. The molecule has 33 heavy (non-hydrogen) atoms. The van der Waals surface area contributed by atoms with Crippen molar-refractivity contribution < 1.29 is 9.59 Å². The number of halogens is 1. The second-order valence-corrected chi connectivity index (χ2v) is 8.35. The lowest BCUT2D eigenvalue weighted by Gasteiger charge is -2.14. The molecule has 172 valence electrons. The van der Waals surface area contributed by atoms with Crippen LogP contribution in [-0.2, 0) is 0 Å². The number of nitrogens with one attached hydrogen (secondary N) is 3. The van der Waals surface area contributed by atoms with Gasteiger partial charge in [0.05, 0.1) is 34.5 Å². The first-order valence-corrected chi connectivity index (χ1v) is 11.4. The van der Waals surface area contributed by atoms with Crippen LogP contribution in [0.25, 0.3) is 5.69 Å². The minimum atomic E-state index is -0.426. The SMILES string of the molecule is O=C(Nc1cnn(-c2cccc(C(=O)NCCCN3CCCC3)c2)c1)Nc1ccccc1Cl. The highest BCUT2D eigenvalue weighted by atomic mass is 35.5. The summed E-state index contributed by atoms with van der Waals surface area (Å²) in [5.74, 6) is -0.108. The molecule has 4 rings (SSSR count). The van der Waals surface area contributed by atoms with Crippen LogP contribution in [0.2, 0.25) is 5.02 Å². The maximum Gasteiger partial charge on any atom is 0.323 e. The molecule has 1 fully saturated rings. The van der Waals surface area contributed by atoms with Gasteiger partial charge in [-0.05, 0) is 69.2 Å². The molecule has 9 heteroatoms. The van der Waals surface area contributed by atoms with Crippen LogP contribution in [0, 0.1) is 0 Å². The lowest BCUT2D eigenvalue weighted by atomic mass is 10.2. The number of amides is 3. The molecule has 0 radical (unpaired) electrons. The van der Waals surface area contributed by atoms with E-state index in [0.717, 1.165) is 18.7 Å². The van der Waals surface area contributed by atoms with Gasteiger partial charge in [0.15, 0.2) is 0 Å². The average Bonchev–Trinajstić information content (AvgIpc) is 3.50. The molecule has 0 bridgehead atoms. The summed E-state index contributed by atoms with van der Waals surface area (Å²) in [6, 6.07) is 13.8. The predicted octanol–water partition coefficient (Wildman–Crippen LogP) is 4.39. The number of hydrogen-bond acceptors (Lipinski definition) is 4. The van der Waals surface area contributed by atoms with Crippen LogP contribution in [0.15, 0.2) is 60.9 Å². The Kier molecular flexibility index (Phi) is 7.59. The fraction of sp³-hybridized carbons (Fsp3) is 0.292. The predicted molar refractivity (Wildman–Crippen MR) is 130 cm³/mol. The normalized spacial score (nSPS) is 13.6. The van der Waals surface area contributed by atoms with E-state index in [4.69, 9.17) is 11.6 Å². The van der Waals surface area contributed by atoms with Crippen molar-refractivity contribution in [3.05, 3.63) is 71.5 Å². The molecule has 0 unspecified atom stereocenters. The number of benzene rings is 2. The van der Waals surface area contributed by atoms with Crippen molar-refractivity contribution in [3.63, 3.8) is 0 Å². The minimum absolute atomic E-state index is 0.108. The monoisotopic (exact) mass is 466 g/mol. The van der Waals surface area contributed by atoms with Gasteiger partial charge in [-0.2, -0.15) is 5.10 Å². The van der Waals surface area contributed by atoms with E-state index in [9.17, 15) is 9.59 Å². The lowest BCUT2D eigenvalue weighted by Crippen LogP contribution is -2.28. The Morgan fingerprint density at radius 1 is 1.03 bits per heavy atom. The van der Waals surface area contributed by atoms with Gasteiger partial charge in [0.25, 0.3) is 5.91 Å². The molecule has 0 spiro atoms. The summed E-state index contributed by atoms with van der Waals surface area (Å²) in [6.45, 7) is 4.00. The third-order valence-corrected chi connectivity index (χ3v) is 5.80. The first-order chi connectivity index (χ1) is 16.1. The standard InChI is InChI=1S/C24H27ClN6O2/c25-21-9-1-2-10-22(21)29-24(33)28-19-16-27-31(17-19)20-8-5-7-18(15-20)23(32)26-11-6-14-30-12-3-4-13-30/h1-2,5,7-10,15-17H,3-4,6,11-14H2,(H,26,32)(H2,28,29,33). The zero-order chi connectivity index (χ0) is 23.0. The van der Waals surface area contributed by atoms with Gasteiger partial charge in [0.1, 0.15) is 0 Å². The molecule has 8 nitrogen and oxygen atoms in total. The lowest BCUT2D eigenvalue weighted by molar-refractivity contribution is 0.0952. The molecule has 0 aliphatic carbocycles. The van der Waals surface area contributed by atoms with Gasteiger partial charge in [-0.3, -0.25) is 4.79 Å². The van der Waals surface area contributed by atoms with E-state index < -0.39 is 6.03 Å². The molecule has 1 aromatic heterocycles. The van der Waals surface area contributed by atoms with Gasteiger partial charge in [-0.25, -0.2) is 9.48 Å². The summed E-state index contributed by atoms with van der Waals surface area (Å²) in [4.78, 5) is 27.2. The van der Waals surface area contributed by atoms with Gasteiger partial charge in [-0.15, -0.1) is 0 Å². The Balaban J connectivity index is 1.31. The fourth-order valence-electron chi connectivity index (χ4n) is 3.78. The van der Waals surface area contributed by atoms with Crippen molar-refractivity contribution in [1.82, 2.24) is 20.0 Å². The maximum atomic E-state index is 12.5. The highest BCUT2D eigenvalue weighted by Gasteiger charge is 2.12. The molecule has 2 heterocycles. The Morgan fingerprint density at radius 3 is 2.67 bits per heavy atom. The zero-order valence-electron chi connectivity index (χ0n) is 18.3. The number of aromatic nitrogens is 2. The van der Waals surface area contributed by atoms with E-state index in [1.54, 1.807) is 47.3 Å². The van der Waals surface area contributed by atoms with E-state index in [2.05, 4.69) is 25.9 Å². The Labute approximate surface area is 197 Å².